The van der Waals surface area contributed by atoms with Crippen molar-refractivity contribution < 1.29 is 10.2 Å². The minimum atomic E-state index is 0.290. The molecule has 0 saturated carbocycles. The predicted molar refractivity (Wildman–Crippen MR) is 112 cm³/mol. The maximum absolute atomic E-state index is 10.2. The van der Waals surface area contributed by atoms with Crippen molar-refractivity contribution in [2.45, 2.75) is 58.8 Å². The first-order chi connectivity index (χ1) is 11.7. The molecule has 2 rings (SSSR count). The summed E-state index contributed by atoms with van der Waals surface area (Å²) in [5.41, 5.74) is 4.43. The van der Waals surface area contributed by atoms with Crippen LogP contribution in [0.1, 0.15) is 68.2 Å². The minimum Gasteiger partial charge on any atom is -0.506 e. The lowest BCUT2D eigenvalue weighted by molar-refractivity contribution is 0.460. The van der Waals surface area contributed by atoms with Gasteiger partial charge in [-0.15, -0.1) is 0 Å². The lowest BCUT2D eigenvalue weighted by Gasteiger charge is -2.14. The van der Waals surface area contributed by atoms with Gasteiger partial charge in [0.15, 0.2) is 0 Å². The van der Waals surface area contributed by atoms with Crippen molar-refractivity contribution in [2.75, 3.05) is 0 Å². The maximum atomic E-state index is 10.2. The summed E-state index contributed by atoms with van der Waals surface area (Å²) >= 11 is 6.92. The van der Waals surface area contributed by atoms with Crippen molar-refractivity contribution in [1.82, 2.24) is 0 Å². The number of aryl methyl sites for hydroxylation is 2. The van der Waals surface area contributed by atoms with Crippen molar-refractivity contribution in [3.05, 3.63) is 55.5 Å². The van der Waals surface area contributed by atoms with Gasteiger partial charge in [-0.2, -0.15) is 0 Å². The first-order valence-corrected chi connectivity index (χ1v) is 10.3. The number of benzene rings is 2. The second-order valence-corrected chi connectivity index (χ2v) is 8.90. The normalized spacial score (nSPS) is 11.5. The van der Waals surface area contributed by atoms with E-state index in [1.807, 2.05) is 12.1 Å². The number of rotatable bonds is 6. The molecule has 0 radical (unpaired) electrons. The Balaban J connectivity index is 2.11. The average Bonchev–Trinajstić information content (AvgIpc) is 2.53. The van der Waals surface area contributed by atoms with Gasteiger partial charge in [0.1, 0.15) is 11.5 Å². The van der Waals surface area contributed by atoms with Crippen molar-refractivity contribution in [3.8, 4) is 11.5 Å². The quantitative estimate of drug-likeness (QED) is 0.475. The van der Waals surface area contributed by atoms with E-state index in [0.717, 1.165) is 39.3 Å². The highest BCUT2D eigenvalue weighted by Gasteiger charge is 2.13. The molecule has 25 heavy (non-hydrogen) atoms. The number of halogens is 2. The Morgan fingerprint density at radius 1 is 0.720 bits per heavy atom. The van der Waals surface area contributed by atoms with Gasteiger partial charge in [-0.1, -0.05) is 39.8 Å². The molecule has 0 aliphatic rings. The topological polar surface area (TPSA) is 40.5 Å². The fourth-order valence-corrected chi connectivity index (χ4v) is 4.07. The van der Waals surface area contributed by atoms with Crippen LogP contribution in [-0.2, 0) is 12.8 Å². The summed E-state index contributed by atoms with van der Waals surface area (Å²) < 4.78 is 1.53. The van der Waals surface area contributed by atoms with Crippen LogP contribution in [-0.4, -0.2) is 10.2 Å². The molecule has 2 aromatic carbocycles. The highest BCUT2D eigenvalue weighted by Crippen LogP contribution is 2.36. The van der Waals surface area contributed by atoms with Gasteiger partial charge in [0.2, 0.25) is 0 Å². The van der Waals surface area contributed by atoms with E-state index in [1.54, 1.807) is 0 Å². The van der Waals surface area contributed by atoms with Crippen LogP contribution < -0.4 is 0 Å². The van der Waals surface area contributed by atoms with Gasteiger partial charge >= 0.3 is 0 Å². The molecule has 0 unspecified atom stereocenters. The molecule has 0 heterocycles. The van der Waals surface area contributed by atoms with Crippen LogP contribution in [0.3, 0.4) is 0 Å². The third-order valence-corrected chi connectivity index (χ3v) is 5.69. The Kier molecular flexibility index (Phi) is 6.98. The number of hydrogen-bond acceptors (Lipinski definition) is 2. The minimum absolute atomic E-state index is 0.290. The molecule has 0 spiro atoms. The molecular weight excluding hydrogens is 444 g/mol. The van der Waals surface area contributed by atoms with E-state index < -0.39 is 0 Å². The molecule has 0 amide bonds. The van der Waals surface area contributed by atoms with Crippen LogP contribution >= 0.6 is 31.9 Å². The number of hydrogen-bond donors (Lipinski definition) is 2. The Labute approximate surface area is 167 Å². The largest absolute Gasteiger partial charge is 0.506 e. The summed E-state index contributed by atoms with van der Waals surface area (Å²) in [5, 5.41) is 20.3. The van der Waals surface area contributed by atoms with E-state index >= 15 is 0 Å². The van der Waals surface area contributed by atoms with E-state index in [0.29, 0.717) is 11.5 Å². The third-order valence-electron chi connectivity index (χ3n) is 4.48. The second kappa shape index (κ2) is 8.59. The number of phenols is 2. The highest BCUT2D eigenvalue weighted by molar-refractivity contribution is 9.10. The molecule has 0 aliphatic heterocycles. The van der Waals surface area contributed by atoms with Gasteiger partial charge in [0, 0.05) is 0 Å². The smallest absolute Gasteiger partial charge is 0.133 e. The SMILES string of the molecule is CC(C)c1cc(CCCc2cc(Br)c(O)c(C(C)C)c2)cc(Br)c1O. The molecule has 0 aliphatic carbocycles. The van der Waals surface area contributed by atoms with Gasteiger partial charge in [-0.3, -0.25) is 0 Å². The van der Waals surface area contributed by atoms with Crippen molar-refractivity contribution in [3.63, 3.8) is 0 Å². The van der Waals surface area contributed by atoms with Gasteiger partial charge in [0.05, 0.1) is 8.95 Å². The van der Waals surface area contributed by atoms with Crippen LogP contribution in [0.2, 0.25) is 0 Å². The molecule has 2 aromatic rings. The molecule has 0 bridgehead atoms. The third kappa shape index (κ3) is 5.01. The van der Waals surface area contributed by atoms with Crippen molar-refractivity contribution >= 4 is 31.9 Å². The molecular formula is C21H26Br2O2. The maximum Gasteiger partial charge on any atom is 0.133 e. The van der Waals surface area contributed by atoms with Crippen molar-refractivity contribution in [1.29, 1.82) is 0 Å². The van der Waals surface area contributed by atoms with Gasteiger partial charge in [-0.25, -0.2) is 0 Å². The molecule has 136 valence electrons. The molecule has 0 fully saturated rings. The Morgan fingerprint density at radius 2 is 1.08 bits per heavy atom. The van der Waals surface area contributed by atoms with Gasteiger partial charge in [0.25, 0.3) is 0 Å². The van der Waals surface area contributed by atoms with E-state index in [-0.39, 0.29) is 11.8 Å². The van der Waals surface area contributed by atoms with E-state index in [1.165, 1.54) is 11.1 Å². The van der Waals surface area contributed by atoms with E-state index in [9.17, 15) is 10.2 Å². The summed E-state index contributed by atoms with van der Waals surface area (Å²) in [5.74, 6) is 1.28. The summed E-state index contributed by atoms with van der Waals surface area (Å²) in [6.07, 6.45) is 2.92. The standard InChI is InChI=1S/C21H26Br2O2/c1-12(2)16-8-14(10-18(22)20(16)24)6-5-7-15-9-17(13(3)4)21(25)19(23)11-15/h8-13,24-25H,5-7H2,1-4H3. The lowest BCUT2D eigenvalue weighted by Crippen LogP contribution is -1.97. The Hall–Kier alpha value is -1.00. The zero-order valence-electron chi connectivity index (χ0n) is 15.2. The Morgan fingerprint density at radius 3 is 1.40 bits per heavy atom. The zero-order chi connectivity index (χ0) is 18.7. The summed E-state index contributed by atoms with van der Waals surface area (Å²) in [7, 11) is 0. The molecule has 0 atom stereocenters. The summed E-state index contributed by atoms with van der Waals surface area (Å²) in [6.45, 7) is 8.36. The molecule has 0 saturated heterocycles. The average molecular weight is 470 g/mol. The monoisotopic (exact) mass is 468 g/mol. The van der Waals surface area contributed by atoms with Crippen LogP contribution in [0.4, 0.5) is 0 Å². The lowest BCUT2D eigenvalue weighted by atomic mass is 9.95. The number of phenolic OH excluding ortho intramolecular Hbond substituents is 2. The molecule has 4 heteroatoms. The second-order valence-electron chi connectivity index (χ2n) is 7.19. The van der Waals surface area contributed by atoms with Gasteiger partial charge in [-0.05, 0) is 97.3 Å². The first-order valence-electron chi connectivity index (χ1n) is 8.73. The first kappa shape index (κ1) is 20.3. The van der Waals surface area contributed by atoms with Gasteiger partial charge < -0.3 is 10.2 Å². The molecule has 0 aromatic heterocycles. The summed E-state index contributed by atoms with van der Waals surface area (Å²) in [4.78, 5) is 0. The fourth-order valence-electron chi connectivity index (χ4n) is 3.02. The fraction of sp³-hybridized carbons (Fsp3) is 0.429. The Bertz CT molecular complexity index is 689. The predicted octanol–water partition coefficient (Wildman–Crippen LogP) is 7.04. The van der Waals surface area contributed by atoms with E-state index in [2.05, 4.69) is 71.7 Å². The van der Waals surface area contributed by atoms with Crippen molar-refractivity contribution in [2.24, 2.45) is 0 Å². The number of aromatic hydroxyl groups is 2. The zero-order valence-corrected chi connectivity index (χ0v) is 18.4. The van der Waals surface area contributed by atoms with Crippen LogP contribution in [0.15, 0.2) is 33.2 Å². The highest BCUT2D eigenvalue weighted by atomic mass is 79.9. The molecule has 2 N–H and O–H groups in total. The van der Waals surface area contributed by atoms with Crippen LogP contribution in [0, 0.1) is 0 Å². The summed E-state index contributed by atoms with van der Waals surface area (Å²) in [6, 6.07) is 8.23. The molecule has 2 nitrogen and oxygen atoms in total. The van der Waals surface area contributed by atoms with Crippen LogP contribution in [0.5, 0.6) is 11.5 Å². The van der Waals surface area contributed by atoms with E-state index in [4.69, 9.17) is 0 Å². The van der Waals surface area contributed by atoms with Crippen LogP contribution in [0.25, 0.3) is 0 Å².